The van der Waals surface area contributed by atoms with Gasteiger partial charge < -0.3 is 29.2 Å². The van der Waals surface area contributed by atoms with Gasteiger partial charge in [0.05, 0.1) is 25.9 Å². The van der Waals surface area contributed by atoms with Crippen LogP contribution in [0.25, 0.3) is 0 Å². The number of hydrogen-bond acceptors (Lipinski definition) is 10. The molecule has 12 nitrogen and oxygen atoms in total. The van der Waals surface area contributed by atoms with Crippen molar-refractivity contribution >= 4 is 17.8 Å². The van der Waals surface area contributed by atoms with E-state index in [0.29, 0.717) is 60.6 Å². The maximum absolute atomic E-state index is 13.3. The number of rotatable bonds is 8. The zero-order valence-electron chi connectivity index (χ0n) is 21.1. The molecule has 0 spiro atoms. The standard InChI is InChI=1S/C26H28N6O6/c1-17-23(25(34)38-15-18-6-4-3-5-7-18)24(32-26(27-17)28-29-30-32)19-8-9-20(21(14-19)35-2)37-16-22(33)31-10-12-36-13-11-31/h3-9,14,24H,10-13,15-16H2,1-2H3,(H,27,28,30). The number of fused-ring (bicyclic) bond motifs is 1. The number of ether oxygens (including phenoxy) is 4. The van der Waals surface area contributed by atoms with Crippen LogP contribution < -0.4 is 14.8 Å². The molecule has 0 saturated carbocycles. The number of amides is 1. The summed E-state index contributed by atoms with van der Waals surface area (Å²) in [6.45, 7) is 3.88. The lowest BCUT2D eigenvalue weighted by Crippen LogP contribution is -2.43. The number of carbonyl (C=O) groups excluding carboxylic acids is 2. The molecule has 2 aliphatic heterocycles. The second kappa shape index (κ2) is 11.3. The second-order valence-corrected chi connectivity index (χ2v) is 8.77. The van der Waals surface area contributed by atoms with Gasteiger partial charge in [0.15, 0.2) is 18.1 Å². The van der Waals surface area contributed by atoms with Gasteiger partial charge in [-0.05, 0) is 40.6 Å². The molecule has 3 heterocycles. The molecule has 1 N–H and O–H groups in total. The van der Waals surface area contributed by atoms with Crippen molar-refractivity contribution in [2.45, 2.75) is 19.6 Å². The van der Waals surface area contributed by atoms with E-state index in [9.17, 15) is 9.59 Å². The Bertz CT molecular complexity index is 1340. The van der Waals surface area contributed by atoms with Crippen molar-refractivity contribution in [3.63, 3.8) is 0 Å². The van der Waals surface area contributed by atoms with E-state index in [-0.39, 0.29) is 19.1 Å². The quantitative estimate of drug-likeness (QED) is 0.440. The van der Waals surface area contributed by atoms with Crippen molar-refractivity contribution in [1.82, 2.24) is 25.1 Å². The zero-order valence-corrected chi connectivity index (χ0v) is 21.1. The number of nitrogens with zero attached hydrogens (tertiary/aromatic N) is 5. The number of hydrogen-bond donors (Lipinski definition) is 1. The first-order valence-corrected chi connectivity index (χ1v) is 12.2. The third kappa shape index (κ3) is 5.30. The number of morpholine rings is 1. The Kier molecular flexibility index (Phi) is 7.50. The predicted octanol–water partition coefficient (Wildman–Crippen LogP) is 1.95. The highest BCUT2D eigenvalue weighted by molar-refractivity contribution is 5.92. The van der Waals surface area contributed by atoms with Gasteiger partial charge in [0.2, 0.25) is 5.95 Å². The molecule has 1 saturated heterocycles. The number of benzene rings is 2. The fourth-order valence-electron chi connectivity index (χ4n) is 4.40. The number of methoxy groups -OCH3 is 1. The fraction of sp³-hybridized carbons (Fsp3) is 0.346. The molecule has 1 aromatic heterocycles. The summed E-state index contributed by atoms with van der Waals surface area (Å²) < 4.78 is 23.8. The summed E-state index contributed by atoms with van der Waals surface area (Å²) in [6, 6.07) is 14.0. The van der Waals surface area contributed by atoms with E-state index in [1.807, 2.05) is 30.3 Å². The molecule has 1 amide bonds. The van der Waals surface area contributed by atoms with E-state index in [1.165, 1.54) is 11.8 Å². The van der Waals surface area contributed by atoms with Crippen LogP contribution in [0.5, 0.6) is 11.5 Å². The van der Waals surface area contributed by atoms with Gasteiger partial charge in [0.25, 0.3) is 5.91 Å². The molecule has 38 heavy (non-hydrogen) atoms. The van der Waals surface area contributed by atoms with Crippen LogP contribution in [0.4, 0.5) is 5.95 Å². The lowest BCUT2D eigenvalue weighted by atomic mass is 9.95. The summed E-state index contributed by atoms with van der Waals surface area (Å²) in [5, 5.41) is 15.0. The van der Waals surface area contributed by atoms with Crippen molar-refractivity contribution in [2.24, 2.45) is 0 Å². The number of allylic oxidation sites excluding steroid dienone is 1. The molecule has 5 rings (SSSR count). The monoisotopic (exact) mass is 520 g/mol. The lowest BCUT2D eigenvalue weighted by Gasteiger charge is -2.28. The van der Waals surface area contributed by atoms with E-state index < -0.39 is 12.0 Å². The Morgan fingerprint density at radius 2 is 1.89 bits per heavy atom. The Labute approximate surface area is 219 Å². The molecule has 2 aromatic carbocycles. The van der Waals surface area contributed by atoms with E-state index >= 15 is 0 Å². The molecule has 3 aromatic rings. The smallest absolute Gasteiger partial charge is 0.338 e. The third-order valence-electron chi connectivity index (χ3n) is 6.37. The first-order valence-electron chi connectivity index (χ1n) is 12.2. The van der Waals surface area contributed by atoms with Crippen molar-refractivity contribution in [1.29, 1.82) is 0 Å². The lowest BCUT2D eigenvalue weighted by molar-refractivity contribution is -0.141. The summed E-state index contributed by atoms with van der Waals surface area (Å²) in [5.41, 5.74) is 2.48. The first-order chi connectivity index (χ1) is 18.5. The van der Waals surface area contributed by atoms with E-state index in [0.717, 1.165) is 5.56 Å². The number of nitrogens with one attached hydrogen (secondary N) is 1. The molecule has 0 aliphatic carbocycles. The van der Waals surface area contributed by atoms with Crippen LogP contribution >= 0.6 is 0 Å². The minimum atomic E-state index is -0.678. The van der Waals surface area contributed by atoms with Crippen LogP contribution in [0.15, 0.2) is 59.8 Å². The molecule has 1 fully saturated rings. The Morgan fingerprint density at radius 1 is 1.11 bits per heavy atom. The van der Waals surface area contributed by atoms with Gasteiger partial charge in [-0.3, -0.25) is 4.79 Å². The summed E-state index contributed by atoms with van der Waals surface area (Å²) in [7, 11) is 1.51. The molecule has 12 heteroatoms. The second-order valence-electron chi connectivity index (χ2n) is 8.77. The average Bonchev–Trinajstić information content (AvgIpc) is 3.43. The highest BCUT2D eigenvalue weighted by atomic mass is 16.5. The molecule has 0 bridgehead atoms. The van der Waals surface area contributed by atoms with Gasteiger partial charge in [-0.1, -0.05) is 41.5 Å². The van der Waals surface area contributed by atoms with Crippen molar-refractivity contribution in [3.05, 3.63) is 70.9 Å². The third-order valence-corrected chi connectivity index (χ3v) is 6.37. The Morgan fingerprint density at radius 3 is 2.66 bits per heavy atom. The van der Waals surface area contributed by atoms with Gasteiger partial charge >= 0.3 is 5.97 Å². The molecule has 198 valence electrons. The average molecular weight is 521 g/mol. The summed E-state index contributed by atoms with van der Waals surface area (Å²) >= 11 is 0. The van der Waals surface area contributed by atoms with Crippen molar-refractivity contribution < 1.29 is 28.5 Å². The van der Waals surface area contributed by atoms with Crippen molar-refractivity contribution in [2.75, 3.05) is 45.3 Å². The number of tetrazole rings is 1. The van der Waals surface area contributed by atoms with Gasteiger partial charge in [-0.2, -0.15) is 4.68 Å². The van der Waals surface area contributed by atoms with Crippen LogP contribution in [-0.2, 0) is 25.7 Å². The van der Waals surface area contributed by atoms with Gasteiger partial charge in [-0.25, -0.2) is 4.79 Å². The topological polar surface area (TPSA) is 130 Å². The van der Waals surface area contributed by atoms with Crippen LogP contribution in [0, 0.1) is 0 Å². The highest BCUT2D eigenvalue weighted by Gasteiger charge is 2.35. The first kappa shape index (κ1) is 25.2. The van der Waals surface area contributed by atoms with Crippen LogP contribution in [-0.4, -0.2) is 77.0 Å². The van der Waals surface area contributed by atoms with Crippen LogP contribution in [0.1, 0.15) is 24.1 Å². The highest BCUT2D eigenvalue weighted by Crippen LogP contribution is 2.38. The Hall–Kier alpha value is -4.45. The van der Waals surface area contributed by atoms with Gasteiger partial charge in [-0.15, -0.1) is 0 Å². The van der Waals surface area contributed by atoms with Gasteiger partial charge in [0, 0.05) is 18.8 Å². The van der Waals surface area contributed by atoms with Crippen molar-refractivity contribution in [3.8, 4) is 11.5 Å². The molecular weight excluding hydrogens is 492 g/mol. The minimum absolute atomic E-state index is 0.124. The molecule has 2 aliphatic rings. The SMILES string of the molecule is COc1cc(C2C(C(=O)OCc3ccccc3)=C(C)Nc3nnnn32)ccc1OCC(=O)N1CCOCC1. The van der Waals surface area contributed by atoms with Crippen LogP contribution in [0.3, 0.4) is 0 Å². The number of anilines is 1. The number of carbonyl (C=O) groups is 2. The molecule has 0 radical (unpaired) electrons. The van der Waals surface area contributed by atoms with E-state index in [2.05, 4.69) is 20.8 Å². The summed E-state index contributed by atoms with van der Waals surface area (Å²) in [4.78, 5) is 27.6. The van der Waals surface area contributed by atoms with E-state index in [1.54, 1.807) is 30.0 Å². The summed E-state index contributed by atoms with van der Waals surface area (Å²) in [6.07, 6.45) is 0. The Balaban J connectivity index is 1.38. The maximum atomic E-state index is 13.3. The van der Waals surface area contributed by atoms with E-state index in [4.69, 9.17) is 18.9 Å². The minimum Gasteiger partial charge on any atom is -0.493 e. The zero-order chi connectivity index (χ0) is 26.5. The largest absolute Gasteiger partial charge is 0.493 e. The van der Waals surface area contributed by atoms with Crippen LogP contribution in [0.2, 0.25) is 0 Å². The van der Waals surface area contributed by atoms with Gasteiger partial charge in [0.1, 0.15) is 12.6 Å². The fourth-order valence-corrected chi connectivity index (χ4v) is 4.40. The normalized spacial score (nSPS) is 16.9. The molecule has 1 atom stereocenters. The number of aromatic nitrogens is 4. The summed E-state index contributed by atoms with van der Waals surface area (Å²) in [5.74, 6) is 0.568. The number of esters is 1. The molecular formula is C26H28N6O6. The molecule has 1 unspecified atom stereocenters. The maximum Gasteiger partial charge on any atom is 0.338 e. The predicted molar refractivity (Wildman–Crippen MR) is 134 cm³/mol.